The number of hydrogen-bond acceptors (Lipinski definition) is 6. The predicted molar refractivity (Wildman–Crippen MR) is 104 cm³/mol. The van der Waals surface area contributed by atoms with Gasteiger partial charge in [-0.25, -0.2) is 13.1 Å². The van der Waals surface area contributed by atoms with Crippen LogP contribution < -0.4 is 4.72 Å². The van der Waals surface area contributed by atoms with Crippen LogP contribution in [0.4, 0.5) is 11.4 Å². The minimum Gasteiger partial charge on any atom is -0.282 e. The van der Waals surface area contributed by atoms with Gasteiger partial charge in [-0.1, -0.05) is 18.2 Å². The van der Waals surface area contributed by atoms with E-state index >= 15 is 0 Å². The summed E-state index contributed by atoms with van der Waals surface area (Å²) < 4.78 is 90.7. The summed E-state index contributed by atoms with van der Waals surface area (Å²) in [5.41, 5.74) is -0.263. The van der Waals surface area contributed by atoms with E-state index in [0.717, 1.165) is 24.3 Å². The average Bonchev–Trinajstić information content (AvgIpc) is 2.65. The number of nitrogens with zero attached hydrogens (tertiary/aromatic N) is 2. The Hall–Kier alpha value is -2.85. The molecule has 0 aliphatic rings. The predicted octanol–water partition coefficient (Wildman–Crippen LogP) is 1.80. The van der Waals surface area contributed by atoms with Gasteiger partial charge in [0, 0.05) is 6.54 Å². The highest BCUT2D eigenvalue weighted by atomic mass is 32.2. The molecule has 2 aromatic rings. The first kappa shape index (κ1) is 23.4. The van der Waals surface area contributed by atoms with E-state index in [9.17, 15) is 29.8 Å². The van der Waals surface area contributed by atoms with Crippen molar-refractivity contribution in [2.24, 2.45) is 0 Å². The van der Waals surface area contributed by atoms with Gasteiger partial charge in [0.25, 0.3) is 20.2 Å². The summed E-state index contributed by atoms with van der Waals surface area (Å²) in [4.78, 5) is 4.36. The van der Waals surface area contributed by atoms with E-state index in [1.54, 1.807) is 0 Å². The Morgan fingerprint density at radius 2 is 1.40 bits per heavy atom. The van der Waals surface area contributed by atoms with Crippen molar-refractivity contribution in [3.63, 3.8) is 0 Å². The van der Waals surface area contributed by atoms with Crippen molar-refractivity contribution in [3.05, 3.63) is 64.8 Å². The fraction of sp³-hybridized carbons (Fsp3) is 0.125. The molecule has 0 atom stereocenters. The molecule has 30 heavy (non-hydrogen) atoms. The van der Waals surface area contributed by atoms with E-state index < -0.39 is 40.1 Å². The van der Waals surface area contributed by atoms with Gasteiger partial charge >= 0.3 is 0 Å². The van der Waals surface area contributed by atoms with Crippen molar-refractivity contribution in [2.75, 3.05) is 6.54 Å². The molecular formula is C16H13N3O8S3. The maximum atomic E-state index is 12.4. The summed E-state index contributed by atoms with van der Waals surface area (Å²) in [5.74, 6) is 0. The van der Waals surface area contributed by atoms with Gasteiger partial charge in [-0.2, -0.15) is 16.8 Å². The lowest BCUT2D eigenvalue weighted by molar-refractivity contribution is 0.480. The Morgan fingerprint density at radius 3 is 1.93 bits per heavy atom. The van der Waals surface area contributed by atoms with E-state index in [4.69, 9.17) is 17.7 Å². The van der Waals surface area contributed by atoms with Gasteiger partial charge in [0.15, 0.2) is 11.4 Å². The number of rotatable bonds is 7. The zero-order valence-electron chi connectivity index (χ0n) is 14.8. The monoisotopic (exact) mass is 471 g/mol. The van der Waals surface area contributed by atoms with Crippen LogP contribution >= 0.6 is 0 Å². The third kappa shape index (κ3) is 5.39. The molecule has 2 aromatic carbocycles. The van der Waals surface area contributed by atoms with Crippen molar-refractivity contribution >= 4 is 41.6 Å². The third-order valence-electron chi connectivity index (χ3n) is 3.80. The SMILES string of the molecule is [C-]#[N+]c1ccc(S(=O)(=O)NCCc2ccc(S(=O)(=O)O)cc2S(=O)(=O)O)cc1[N+]#[C-]. The summed E-state index contributed by atoms with van der Waals surface area (Å²) in [6.07, 6.45) is -0.254. The highest BCUT2D eigenvalue weighted by Gasteiger charge is 2.21. The minimum atomic E-state index is -4.87. The van der Waals surface area contributed by atoms with Gasteiger partial charge in [0.2, 0.25) is 10.0 Å². The first-order valence-electron chi connectivity index (χ1n) is 7.76. The molecule has 0 saturated heterocycles. The second-order valence-corrected chi connectivity index (χ2v) is 10.3. The zero-order chi connectivity index (χ0) is 22.7. The molecule has 0 unspecified atom stereocenters. The molecular weight excluding hydrogens is 458 g/mol. The highest BCUT2D eigenvalue weighted by Crippen LogP contribution is 2.30. The number of hydrogen-bond donors (Lipinski definition) is 3. The Bertz CT molecular complexity index is 1400. The fourth-order valence-electron chi connectivity index (χ4n) is 2.40. The molecule has 14 heteroatoms. The first-order chi connectivity index (χ1) is 13.8. The Balaban J connectivity index is 2.28. The smallest absolute Gasteiger partial charge is 0.282 e. The average molecular weight is 471 g/mol. The van der Waals surface area contributed by atoms with Crippen LogP contribution in [0, 0.1) is 13.1 Å². The van der Waals surface area contributed by atoms with Crippen LogP contribution in [-0.4, -0.2) is 40.9 Å². The van der Waals surface area contributed by atoms with E-state index in [1.165, 1.54) is 6.07 Å². The first-order valence-corrected chi connectivity index (χ1v) is 12.1. The number of nitrogens with one attached hydrogen (secondary N) is 1. The van der Waals surface area contributed by atoms with Crippen molar-refractivity contribution in [1.82, 2.24) is 4.72 Å². The molecule has 0 amide bonds. The second-order valence-electron chi connectivity index (χ2n) is 5.74. The van der Waals surface area contributed by atoms with Crippen LogP contribution in [0.3, 0.4) is 0 Å². The quantitative estimate of drug-likeness (QED) is 0.406. The van der Waals surface area contributed by atoms with Crippen LogP contribution in [0.15, 0.2) is 51.1 Å². The van der Waals surface area contributed by atoms with Crippen molar-refractivity contribution in [1.29, 1.82) is 0 Å². The molecule has 0 aromatic heterocycles. The van der Waals surface area contributed by atoms with Gasteiger partial charge in [0.1, 0.15) is 0 Å². The maximum absolute atomic E-state index is 12.4. The third-order valence-corrected chi connectivity index (χ3v) is 7.04. The largest absolute Gasteiger partial charge is 0.294 e. The molecule has 0 saturated carbocycles. The van der Waals surface area contributed by atoms with E-state index in [2.05, 4.69) is 14.4 Å². The van der Waals surface area contributed by atoms with E-state index in [0.29, 0.717) is 6.07 Å². The molecule has 11 nitrogen and oxygen atoms in total. The highest BCUT2D eigenvalue weighted by molar-refractivity contribution is 7.89. The Morgan fingerprint density at radius 1 is 0.800 bits per heavy atom. The molecule has 158 valence electrons. The normalized spacial score (nSPS) is 12.1. The summed E-state index contributed by atoms with van der Waals surface area (Å²) in [5, 5.41) is 0. The number of sulfonamides is 1. The molecule has 0 radical (unpaired) electrons. The maximum Gasteiger partial charge on any atom is 0.294 e. The molecule has 2 rings (SSSR count). The van der Waals surface area contributed by atoms with Crippen LogP contribution in [-0.2, 0) is 36.7 Å². The topological polar surface area (TPSA) is 164 Å². The van der Waals surface area contributed by atoms with Crippen molar-refractivity contribution < 1.29 is 34.4 Å². The lowest BCUT2D eigenvalue weighted by Gasteiger charge is -2.11. The van der Waals surface area contributed by atoms with Gasteiger partial charge in [-0.05, 0) is 30.2 Å². The second kappa shape index (κ2) is 8.49. The van der Waals surface area contributed by atoms with Crippen LogP contribution in [0.25, 0.3) is 9.69 Å². The van der Waals surface area contributed by atoms with Gasteiger partial charge in [0.05, 0.1) is 27.8 Å². The van der Waals surface area contributed by atoms with Crippen molar-refractivity contribution in [3.8, 4) is 0 Å². The van der Waals surface area contributed by atoms with Crippen LogP contribution in [0.2, 0.25) is 0 Å². The standard InChI is InChI=1S/C16H13N3O8S3/c1-17-14-6-5-12(9-15(14)18-2)28(20,21)19-8-7-11-3-4-13(29(22,23)24)10-16(11)30(25,26)27/h3-6,9-10,19H,7-8H2,(H,22,23,24)(H,25,26,27). The van der Waals surface area contributed by atoms with Crippen molar-refractivity contribution in [2.45, 2.75) is 21.1 Å². The van der Waals surface area contributed by atoms with E-state index in [-0.39, 0.29) is 34.8 Å². The minimum absolute atomic E-state index is 0.0133. The summed E-state index contributed by atoms with van der Waals surface area (Å²) in [7, 11) is -13.7. The lowest BCUT2D eigenvalue weighted by Crippen LogP contribution is -2.26. The van der Waals surface area contributed by atoms with Crippen LogP contribution in [0.1, 0.15) is 5.56 Å². The molecule has 0 fully saturated rings. The molecule has 3 N–H and O–H groups in total. The molecule has 0 bridgehead atoms. The Labute approximate surface area is 173 Å². The summed E-state index contributed by atoms with van der Waals surface area (Å²) in [6, 6.07) is 5.81. The molecule has 0 aliphatic carbocycles. The van der Waals surface area contributed by atoms with Gasteiger partial charge in [-0.15, -0.1) is 0 Å². The molecule has 0 aliphatic heterocycles. The van der Waals surface area contributed by atoms with Gasteiger partial charge in [-0.3, -0.25) is 18.8 Å². The fourth-order valence-corrected chi connectivity index (χ4v) is 4.81. The van der Waals surface area contributed by atoms with Crippen LogP contribution in [0.5, 0.6) is 0 Å². The zero-order valence-corrected chi connectivity index (χ0v) is 17.3. The van der Waals surface area contributed by atoms with Gasteiger partial charge < -0.3 is 0 Å². The molecule has 0 spiro atoms. The number of benzene rings is 2. The Kier molecular flexibility index (Phi) is 6.63. The van der Waals surface area contributed by atoms with E-state index in [1.807, 2.05) is 0 Å². The lowest BCUT2D eigenvalue weighted by atomic mass is 10.1. The summed E-state index contributed by atoms with van der Waals surface area (Å²) in [6.45, 7) is 13.6. The summed E-state index contributed by atoms with van der Waals surface area (Å²) >= 11 is 0. The molecule has 0 heterocycles.